The van der Waals surface area contributed by atoms with E-state index in [1.165, 1.54) is 0 Å². The fraction of sp³-hybridized carbons (Fsp3) is 0.308. The maximum atomic E-state index is 11.8. The number of hydrogen-bond donors (Lipinski definition) is 0. The Morgan fingerprint density at radius 2 is 2.35 bits per heavy atom. The molecule has 17 heavy (non-hydrogen) atoms. The van der Waals surface area contributed by atoms with Crippen LogP contribution in [0.15, 0.2) is 30.9 Å². The van der Waals surface area contributed by atoms with E-state index in [4.69, 9.17) is 16.3 Å². The fourth-order valence-corrected chi connectivity index (χ4v) is 2.15. The molecule has 0 aromatic heterocycles. The molecule has 1 unspecified atom stereocenters. The van der Waals surface area contributed by atoms with Crippen LogP contribution in [0.3, 0.4) is 0 Å². The van der Waals surface area contributed by atoms with Gasteiger partial charge < -0.3 is 9.64 Å². The molecule has 0 bridgehead atoms. The first kappa shape index (κ1) is 12.0. The summed E-state index contributed by atoms with van der Waals surface area (Å²) in [7, 11) is 1.56. The fourth-order valence-electron chi connectivity index (χ4n) is 1.96. The molecule has 0 aliphatic carbocycles. The summed E-state index contributed by atoms with van der Waals surface area (Å²) in [5.74, 6) is 0.919. The third-order valence-electron chi connectivity index (χ3n) is 2.93. The van der Waals surface area contributed by atoms with Gasteiger partial charge in [0.05, 0.1) is 12.1 Å². The lowest BCUT2D eigenvalue weighted by Crippen LogP contribution is -2.24. The van der Waals surface area contributed by atoms with Crippen LogP contribution < -0.4 is 9.64 Å². The lowest BCUT2D eigenvalue weighted by atomic mass is 10.1. The van der Waals surface area contributed by atoms with Gasteiger partial charge in [-0.1, -0.05) is 17.7 Å². The smallest absolute Gasteiger partial charge is 0.227 e. The molecule has 1 atom stereocenters. The number of hydrogen-bond acceptors (Lipinski definition) is 2. The molecule has 2 rings (SSSR count). The van der Waals surface area contributed by atoms with Crippen molar-refractivity contribution in [3.63, 3.8) is 0 Å². The van der Waals surface area contributed by atoms with Crippen LogP contribution in [-0.2, 0) is 4.79 Å². The summed E-state index contributed by atoms with van der Waals surface area (Å²) in [6.07, 6.45) is 2.35. The number of halogens is 1. The summed E-state index contributed by atoms with van der Waals surface area (Å²) in [5, 5.41) is 0.545. The molecule has 0 spiro atoms. The summed E-state index contributed by atoms with van der Waals surface area (Å²) < 4.78 is 5.14. The highest BCUT2D eigenvalue weighted by Crippen LogP contribution is 2.32. The normalized spacial score (nSPS) is 19.5. The summed E-state index contributed by atoms with van der Waals surface area (Å²) in [6.45, 7) is 4.40. The molecule has 0 saturated carbocycles. The second-order valence-electron chi connectivity index (χ2n) is 4.02. The lowest BCUT2D eigenvalue weighted by Gasteiger charge is -2.17. The number of benzene rings is 1. The summed E-state index contributed by atoms with van der Waals surface area (Å²) in [4.78, 5) is 13.6. The first-order chi connectivity index (χ1) is 8.15. The van der Waals surface area contributed by atoms with Gasteiger partial charge >= 0.3 is 0 Å². The molecule has 3 nitrogen and oxygen atoms in total. The van der Waals surface area contributed by atoms with Crippen LogP contribution in [0.5, 0.6) is 5.75 Å². The molecule has 1 aliphatic heterocycles. The number of anilines is 1. The van der Waals surface area contributed by atoms with Crippen molar-refractivity contribution in [3.8, 4) is 5.75 Å². The van der Waals surface area contributed by atoms with Gasteiger partial charge in [0.1, 0.15) is 5.75 Å². The average molecular weight is 252 g/mol. The van der Waals surface area contributed by atoms with Crippen molar-refractivity contribution in [1.82, 2.24) is 0 Å². The second-order valence-corrected chi connectivity index (χ2v) is 4.43. The van der Waals surface area contributed by atoms with Crippen LogP contribution in [-0.4, -0.2) is 19.6 Å². The van der Waals surface area contributed by atoms with E-state index in [2.05, 4.69) is 6.58 Å². The lowest BCUT2D eigenvalue weighted by molar-refractivity contribution is -0.117. The topological polar surface area (TPSA) is 29.5 Å². The number of carbonyl (C=O) groups is 1. The molecule has 1 amide bonds. The average Bonchev–Trinajstić information content (AvgIpc) is 2.71. The van der Waals surface area contributed by atoms with Crippen LogP contribution in [0, 0.1) is 5.92 Å². The van der Waals surface area contributed by atoms with Crippen LogP contribution in [0.1, 0.15) is 6.42 Å². The van der Waals surface area contributed by atoms with E-state index in [1.807, 2.05) is 12.1 Å². The van der Waals surface area contributed by atoms with Crippen LogP contribution in [0.4, 0.5) is 5.69 Å². The van der Waals surface area contributed by atoms with Crippen molar-refractivity contribution in [2.75, 3.05) is 18.6 Å². The standard InChI is InChI=1S/C13H14ClNO2/c1-3-9-6-13(16)15(8-9)10-4-5-11(14)12(7-10)17-2/h3-5,7,9H,1,6,8H2,2H3. The van der Waals surface area contributed by atoms with Gasteiger partial charge in [-0.25, -0.2) is 0 Å². The summed E-state index contributed by atoms with van der Waals surface area (Å²) >= 11 is 5.95. The summed E-state index contributed by atoms with van der Waals surface area (Å²) in [5.41, 5.74) is 0.820. The van der Waals surface area contributed by atoms with Crippen LogP contribution in [0.25, 0.3) is 0 Å². The zero-order valence-corrected chi connectivity index (χ0v) is 10.4. The Balaban J connectivity index is 2.28. The van der Waals surface area contributed by atoms with Gasteiger partial charge in [-0.05, 0) is 12.1 Å². The van der Waals surface area contributed by atoms with Gasteiger partial charge in [0.25, 0.3) is 0 Å². The monoisotopic (exact) mass is 251 g/mol. The second kappa shape index (κ2) is 4.80. The zero-order chi connectivity index (χ0) is 12.4. The molecule has 1 saturated heterocycles. The van der Waals surface area contributed by atoms with E-state index in [-0.39, 0.29) is 11.8 Å². The van der Waals surface area contributed by atoms with Gasteiger partial charge in [-0.2, -0.15) is 0 Å². The molecule has 1 aromatic rings. The predicted octanol–water partition coefficient (Wildman–Crippen LogP) is 2.89. The molecular weight excluding hydrogens is 238 g/mol. The highest BCUT2D eigenvalue weighted by molar-refractivity contribution is 6.32. The molecule has 0 N–H and O–H groups in total. The molecule has 1 heterocycles. The van der Waals surface area contributed by atoms with Gasteiger partial charge in [-0.3, -0.25) is 4.79 Å². The number of ether oxygens (including phenoxy) is 1. The van der Waals surface area contributed by atoms with Gasteiger partial charge in [0, 0.05) is 30.6 Å². The SMILES string of the molecule is C=CC1CC(=O)N(c2ccc(Cl)c(OC)c2)C1. The highest BCUT2D eigenvalue weighted by atomic mass is 35.5. The van der Waals surface area contributed by atoms with E-state index < -0.39 is 0 Å². The van der Waals surface area contributed by atoms with Crippen molar-refractivity contribution < 1.29 is 9.53 Å². The number of carbonyl (C=O) groups excluding carboxylic acids is 1. The van der Waals surface area contributed by atoms with Crippen LogP contribution in [0.2, 0.25) is 5.02 Å². The van der Waals surface area contributed by atoms with Crippen LogP contribution >= 0.6 is 11.6 Å². The predicted molar refractivity (Wildman–Crippen MR) is 68.7 cm³/mol. The van der Waals surface area contributed by atoms with Crippen molar-refractivity contribution in [2.24, 2.45) is 5.92 Å². The minimum absolute atomic E-state index is 0.110. The molecule has 1 aromatic carbocycles. The highest BCUT2D eigenvalue weighted by Gasteiger charge is 2.28. The van der Waals surface area contributed by atoms with E-state index in [9.17, 15) is 4.79 Å². The molecule has 1 fully saturated rings. The largest absolute Gasteiger partial charge is 0.495 e. The number of rotatable bonds is 3. The zero-order valence-electron chi connectivity index (χ0n) is 9.65. The first-order valence-corrected chi connectivity index (χ1v) is 5.80. The molecule has 90 valence electrons. The van der Waals surface area contributed by atoms with E-state index >= 15 is 0 Å². The molecule has 4 heteroatoms. The maximum absolute atomic E-state index is 11.8. The Kier molecular flexibility index (Phi) is 3.38. The Hall–Kier alpha value is -1.48. The Morgan fingerprint density at radius 3 is 2.94 bits per heavy atom. The molecule has 0 radical (unpaired) electrons. The third kappa shape index (κ3) is 2.29. The van der Waals surface area contributed by atoms with Crippen molar-refractivity contribution in [1.29, 1.82) is 0 Å². The first-order valence-electron chi connectivity index (χ1n) is 5.42. The third-order valence-corrected chi connectivity index (χ3v) is 3.25. The van der Waals surface area contributed by atoms with Gasteiger partial charge in [0.2, 0.25) is 5.91 Å². The Bertz CT molecular complexity index is 459. The minimum atomic E-state index is 0.110. The quantitative estimate of drug-likeness (QED) is 0.773. The number of nitrogens with zero attached hydrogens (tertiary/aromatic N) is 1. The van der Waals surface area contributed by atoms with E-state index in [1.54, 1.807) is 24.1 Å². The van der Waals surface area contributed by atoms with Crippen molar-refractivity contribution >= 4 is 23.2 Å². The van der Waals surface area contributed by atoms with Gasteiger partial charge in [-0.15, -0.1) is 6.58 Å². The van der Waals surface area contributed by atoms with Crippen molar-refractivity contribution in [3.05, 3.63) is 35.9 Å². The number of methoxy groups -OCH3 is 1. The Morgan fingerprint density at radius 1 is 1.59 bits per heavy atom. The Labute approximate surface area is 106 Å². The summed E-state index contributed by atoms with van der Waals surface area (Å²) in [6, 6.07) is 5.35. The molecule has 1 aliphatic rings. The number of amides is 1. The van der Waals surface area contributed by atoms with E-state index in [0.717, 1.165) is 5.69 Å². The van der Waals surface area contributed by atoms with Gasteiger partial charge in [0.15, 0.2) is 0 Å². The minimum Gasteiger partial charge on any atom is -0.495 e. The van der Waals surface area contributed by atoms with Crippen molar-refractivity contribution in [2.45, 2.75) is 6.42 Å². The van der Waals surface area contributed by atoms with E-state index in [0.29, 0.717) is 23.7 Å². The molecular formula is C13H14ClNO2. The maximum Gasteiger partial charge on any atom is 0.227 e.